The smallest absolute Gasteiger partial charge is 0.256 e. The summed E-state index contributed by atoms with van der Waals surface area (Å²) in [5.74, 6) is 0.944. The van der Waals surface area contributed by atoms with Crippen molar-refractivity contribution in [1.82, 2.24) is 15.3 Å². The summed E-state index contributed by atoms with van der Waals surface area (Å²) < 4.78 is 0. The zero-order chi connectivity index (χ0) is 18.4. The first-order valence-electron chi connectivity index (χ1n) is 8.69. The Morgan fingerprint density at radius 2 is 1.84 bits per heavy atom. The molecule has 1 unspecified atom stereocenters. The molecule has 5 heteroatoms. The second kappa shape index (κ2) is 8.99. The molecular weight excluding hydrogens is 330 g/mol. The molecule has 0 aliphatic carbocycles. The van der Waals surface area contributed by atoms with Gasteiger partial charge in [-0.15, -0.1) is 11.8 Å². The van der Waals surface area contributed by atoms with Gasteiger partial charge >= 0.3 is 0 Å². The third-order valence-electron chi connectivity index (χ3n) is 4.10. The van der Waals surface area contributed by atoms with Crippen LogP contribution in [0.25, 0.3) is 0 Å². The average Bonchev–Trinajstić information content (AvgIpc) is 2.59. The van der Waals surface area contributed by atoms with Crippen molar-refractivity contribution < 1.29 is 4.79 Å². The fourth-order valence-electron chi connectivity index (χ4n) is 2.63. The van der Waals surface area contributed by atoms with Crippen LogP contribution in [0, 0.1) is 6.92 Å². The van der Waals surface area contributed by atoms with Crippen LogP contribution in [0.1, 0.15) is 60.5 Å². The molecule has 0 saturated heterocycles. The number of aromatic nitrogens is 2. The molecule has 1 heterocycles. The maximum Gasteiger partial charge on any atom is 0.256 e. The minimum absolute atomic E-state index is 0.0854. The lowest BCUT2D eigenvalue weighted by molar-refractivity contribution is 0.0933. The Morgan fingerprint density at radius 1 is 1.16 bits per heavy atom. The number of amides is 1. The number of carbonyl (C=O) groups excluding carboxylic acids is 1. The topological polar surface area (TPSA) is 54.9 Å². The Kier molecular flexibility index (Phi) is 7.00. The average molecular weight is 358 g/mol. The molecule has 25 heavy (non-hydrogen) atoms. The summed E-state index contributed by atoms with van der Waals surface area (Å²) in [5.41, 5.74) is 2.63. The number of benzene rings is 1. The second-order valence-electron chi connectivity index (χ2n) is 6.60. The van der Waals surface area contributed by atoms with Gasteiger partial charge in [-0.05, 0) is 38.5 Å². The van der Waals surface area contributed by atoms with Gasteiger partial charge in [0.15, 0.2) is 0 Å². The highest BCUT2D eigenvalue weighted by atomic mass is 32.2. The minimum Gasteiger partial charge on any atom is -0.349 e. The molecule has 1 atom stereocenters. The van der Waals surface area contributed by atoms with Gasteiger partial charge in [-0.2, -0.15) is 0 Å². The number of carbonyl (C=O) groups is 1. The monoisotopic (exact) mass is 357 g/mol. The van der Waals surface area contributed by atoms with Crippen LogP contribution in [0.3, 0.4) is 0 Å². The fraction of sp³-hybridized carbons (Fsp3) is 0.450. The van der Waals surface area contributed by atoms with Crippen LogP contribution in [0.4, 0.5) is 0 Å². The SMILES string of the molecule is CSc1nc(C(C)C)nc(C)c1C(=O)NC(C)CCc1ccccc1. The van der Waals surface area contributed by atoms with E-state index in [9.17, 15) is 4.79 Å². The summed E-state index contributed by atoms with van der Waals surface area (Å²) in [4.78, 5) is 21.8. The van der Waals surface area contributed by atoms with Crippen molar-refractivity contribution in [3.8, 4) is 0 Å². The summed E-state index contributed by atoms with van der Waals surface area (Å²) in [6.45, 7) is 8.05. The van der Waals surface area contributed by atoms with E-state index < -0.39 is 0 Å². The highest BCUT2D eigenvalue weighted by Gasteiger charge is 2.20. The first kappa shape index (κ1) is 19.4. The van der Waals surface area contributed by atoms with Gasteiger partial charge in [0.2, 0.25) is 0 Å². The van der Waals surface area contributed by atoms with Gasteiger partial charge in [-0.25, -0.2) is 9.97 Å². The van der Waals surface area contributed by atoms with Crippen LogP contribution in [-0.2, 0) is 6.42 Å². The normalized spacial score (nSPS) is 12.2. The predicted molar refractivity (Wildman–Crippen MR) is 104 cm³/mol. The molecule has 1 amide bonds. The zero-order valence-electron chi connectivity index (χ0n) is 15.7. The lowest BCUT2D eigenvalue weighted by Crippen LogP contribution is -2.34. The van der Waals surface area contributed by atoms with Gasteiger partial charge in [0.25, 0.3) is 5.91 Å². The van der Waals surface area contributed by atoms with E-state index in [1.54, 1.807) is 0 Å². The van der Waals surface area contributed by atoms with Crippen molar-refractivity contribution in [2.75, 3.05) is 6.26 Å². The maximum absolute atomic E-state index is 12.7. The van der Waals surface area contributed by atoms with E-state index in [2.05, 4.69) is 41.3 Å². The third kappa shape index (κ3) is 5.30. The number of nitrogens with one attached hydrogen (secondary N) is 1. The molecule has 0 radical (unpaired) electrons. The van der Waals surface area contributed by atoms with Crippen molar-refractivity contribution >= 4 is 17.7 Å². The van der Waals surface area contributed by atoms with E-state index >= 15 is 0 Å². The van der Waals surface area contributed by atoms with E-state index in [1.165, 1.54) is 17.3 Å². The Balaban J connectivity index is 2.07. The third-order valence-corrected chi connectivity index (χ3v) is 4.78. The lowest BCUT2D eigenvalue weighted by Gasteiger charge is -2.17. The van der Waals surface area contributed by atoms with Gasteiger partial charge in [0, 0.05) is 12.0 Å². The van der Waals surface area contributed by atoms with Gasteiger partial charge in [0.05, 0.1) is 11.3 Å². The first-order valence-corrected chi connectivity index (χ1v) is 9.92. The highest BCUT2D eigenvalue weighted by Crippen LogP contribution is 2.23. The molecule has 0 aliphatic heterocycles. The zero-order valence-corrected chi connectivity index (χ0v) is 16.5. The number of thioether (sulfide) groups is 1. The molecule has 1 aromatic heterocycles. The molecule has 0 bridgehead atoms. The summed E-state index contributed by atoms with van der Waals surface area (Å²) in [7, 11) is 0. The Hall–Kier alpha value is -1.88. The molecule has 0 saturated carbocycles. The van der Waals surface area contributed by atoms with Crippen molar-refractivity contribution in [3.63, 3.8) is 0 Å². The van der Waals surface area contributed by atoms with Gasteiger partial charge < -0.3 is 5.32 Å². The Labute approximate surface area is 154 Å². The molecule has 2 aromatic rings. The van der Waals surface area contributed by atoms with Crippen LogP contribution >= 0.6 is 11.8 Å². The molecule has 0 fully saturated rings. The molecule has 0 spiro atoms. The van der Waals surface area contributed by atoms with Crippen LogP contribution in [0.2, 0.25) is 0 Å². The highest BCUT2D eigenvalue weighted by molar-refractivity contribution is 7.98. The van der Waals surface area contributed by atoms with Crippen LogP contribution in [-0.4, -0.2) is 28.2 Å². The number of hydrogen-bond donors (Lipinski definition) is 1. The molecule has 134 valence electrons. The summed E-state index contributed by atoms with van der Waals surface area (Å²) in [5, 5.41) is 3.85. The number of aryl methyl sites for hydroxylation is 2. The quantitative estimate of drug-likeness (QED) is 0.590. The number of hydrogen-bond acceptors (Lipinski definition) is 4. The van der Waals surface area contributed by atoms with E-state index in [-0.39, 0.29) is 17.9 Å². The van der Waals surface area contributed by atoms with Crippen molar-refractivity contribution in [2.45, 2.75) is 57.5 Å². The van der Waals surface area contributed by atoms with Crippen molar-refractivity contribution in [3.05, 3.63) is 53.0 Å². The van der Waals surface area contributed by atoms with Gasteiger partial charge in [0.1, 0.15) is 10.9 Å². The van der Waals surface area contributed by atoms with E-state index in [1.807, 2.05) is 38.3 Å². The standard InChI is InChI=1S/C20H27N3OS/c1-13(2)18-22-15(4)17(20(23-18)25-5)19(24)21-14(3)11-12-16-9-7-6-8-10-16/h6-10,13-14H,11-12H2,1-5H3,(H,21,24). The van der Waals surface area contributed by atoms with Crippen LogP contribution < -0.4 is 5.32 Å². The summed E-state index contributed by atoms with van der Waals surface area (Å²) in [6.07, 6.45) is 3.79. The number of nitrogens with zero attached hydrogens (tertiary/aromatic N) is 2. The van der Waals surface area contributed by atoms with E-state index in [0.29, 0.717) is 5.56 Å². The largest absolute Gasteiger partial charge is 0.349 e. The van der Waals surface area contributed by atoms with Crippen molar-refractivity contribution in [1.29, 1.82) is 0 Å². The summed E-state index contributed by atoms with van der Waals surface area (Å²) >= 11 is 1.49. The minimum atomic E-state index is -0.0854. The van der Waals surface area contributed by atoms with E-state index in [0.717, 1.165) is 29.4 Å². The molecule has 1 aromatic carbocycles. The first-order chi connectivity index (χ1) is 11.9. The maximum atomic E-state index is 12.7. The molecule has 0 aliphatic rings. The molecule has 2 rings (SSSR count). The predicted octanol–water partition coefficient (Wildman–Crippen LogP) is 4.38. The van der Waals surface area contributed by atoms with Crippen LogP contribution in [0.5, 0.6) is 0 Å². The summed E-state index contributed by atoms with van der Waals surface area (Å²) in [6, 6.07) is 10.4. The second-order valence-corrected chi connectivity index (χ2v) is 7.40. The van der Waals surface area contributed by atoms with Crippen molar-refractivity contribution in [2.24, 2.45) is 0 Å². The van der Waals surface area contributed by atoms with Gasteiger partial charge in [-0.1, -0.05) is 44.2 Å². The van der Waals surface area contributed by atoms with Gasteiger partial charge in [-0.3, -0.25) is 4.79 Å². The molecule has 4 nitrogen and oxygen atoms in total. The molecular formula is C20H27N3OS. The van der Waals surface area contributed by atoms with E-state index in [4.69, 9.17) is 0 Å². The Bertz CT molecular complexity index is 716. The number of rotatable bonds is 7. The fourth-order valence-corrected chi connectivity index (χ4v) is 3.26. The van der Waals surface area contributed by atoms with Crippen LogP contribution in [0.15, 0.2) is 35.4 Å². The molecule has 1 N–H and O–H groups in total. The Morgan fingerprint density at radius 3 is 2.44 bits per heavy atom. The lowest BCUT2D eigenvalue weighted by atomic mass is 10.1.